The third kappa shape index (κ3) is 2.80. The van der Waals surface area contributed by atoms with Gasteiger partial charge in [0.25, 0.3) is 5.91 Å². The molecular formula is C17H18N6O. The molecule has 122 valence electrons. The Morgan fingerprint density at radius 3 is 2.71 bits per heavy atom. The van der Waals surface area contributed by atoms with E-state index < -0.39 is 0 Å². The van der Waals surface area contributed by atoms with E-state index in [4.69, 9.17) is 0 Å². The monoisotopic (exact) mass is 322 g/mol. The van der Waals surface area contributed by atoms with Crippen LogP contribution in [-0.4, -0.2) is 30.5 Å². The lowest BCUT2D eigenvalue weighted by Crippen LogP contribution is -2.13. The molecule has 1 aliphatic carbocycles. The first kappa shape index (κ1) is 14.6. The number of pyridine rings is 1. The van der Waals surface area contributed by atoms with E-state index in [1.165, 1.54) is 18.5 Å². The zero-order valence-electron chi connectivity index (χ0n) is 13.6. The van der Waals surface area contributed by atoms with Crippen molar-refractivity contribution in [1.29, 1.82) is 0 Å². The highest BCUT2D eigenvalue weighted by Crippen LogP contribution is 2.40. The van der Waals surface area contributed by atoms with Crippen molar-refractivity contribution in [1.82, 2.24) is 24.5 Å². The number of rotatable bonds is 4. The molecule has 0 aliphatic heterocycles. The number of carbonyl (C=O) groups is 1. The Labute approximate surface area is 139 Å². The molecule has 1 aliphatic rings. The summed E-state index contributed by atoms with van der Waals surface area (Å²) in [5.41, 5.74) is 3.45. The fourth-order valence-electron chi connectivity index (χ4n) is 2.78. The quantitative estimate of drug-likeness (QED) is 0.800. The van der Waals surface area contributed by atoms with Crippen LogP contribution in [-0.2, 0) is 14.1 Å². The number of anilines is 1. The van der Waals surface area contributed by atoms with Gasteiger partial charge in [-0.1, -0.05) is 0 Å². The van der Waals surface area contributed by atoms with Crippen LogP contribution in [0.1, 0.15) is 34.8 Å². The average molecular weight is 322 g/mol. The molecule has 0 spiro atoms. The van der Waals surface area contributed by atoms with Gasteiger partial charge in [-0.3, -0.25) is 19.1 Å². The normalized spacial score (nSPS) is 13.9. The number of amides is 1. The highest BCUT2D eigenvalue weighted by Gasteiger charge is 2.27. The van der Waals surface area contributed by atoms with Crippen molar-refractivity contribution in [2.45, 2.75) is 18.8 Å². The molecule has 7 nitrogen and oxygen atoms in total. The molecule has 0 bridgehead atoms. The van der Waals surface area contributed by atoms with Crippen LogP contribution in [0, 0.1) is 0 Å². The predicted molar refractivity (Wildman–Crippen MR) is 89.6 cm³/mol. The number of carbonyl (C=O) groups excluding carboxylic acids is 1. The minimum Gasteiger partial charge on any atom is -0.305 e. The molecule has 1 amide bonds. The molecule has 4 rings (SSSR count). The molecule has 0 unspecified atom stereocenters. The van der Waals surface area contributed by atoms with E-state index in [9.17, 15) is 4.79 Å². The fraction of sp³-hybridized carbons (Fsp3) is 0.294. The topological polar surface area (TPSA) is 77.6 Å². The summed E-state index contributed by atoms with van der Waals surface area (Å²) in [7, 11) is 3.76. The highest BCUT2D eigenvalue weighted by atomic mass is 16.1. The van der Waals surface area contributed by atoms with E-state index >= 15 is 0 Å². The maximum absolute atomic E-state index is 12.5. The van der Waals surface area contributed by atoms with E-state index in [1.807, 2.05) is 37.1 Å². The van der Waals surface area contributed by atoms with Crippen molar-refractivity contribution in [2.24, 2.45) is 14.1 Å². The smallest absolute Gasteiger partial charge is 0.258 e. The zero-order valence-corrected chi connectivity index (χ0v) is 13.6. The summed E-state index contributed by atoms with van der Waals surface area (Å²) in [4.78, 5) is 16.7. The van der Waals surface area contributed by atoms with Gasteiger partial charge in [0.05, 0.1) is 11.8 Å². The number of nitrogens with one attached hydrogen (secondary N) is 1. The van der Waals surface area contributed by atoms with Crippen LogP contribution >= 0.6 is 0 Å². The first-order chi connectivity index (χ1) is 11.6. The van der Waals surface area contributed by atoms with E-state index in [0.29, 0.717) is 17.3 Å². The van der Waals surface area contributed by atoms with Gasteiger partial charge in [-0.2, -0.15) is 10.2 Å². The van der Waals surface area contributed by atoms with Gasteiger partial charge in [-0.15, -0.1) is 0 Å². The summed E-state index contributed by atoms with van der Waals surface area (Å²) in [5, 5.41) is 11.4. The summed E-state index contributed by atoms with van der Waals surface area (Å²) >= 11 is 0. The molecule has 0 radical (unpaired) electrons. The second kappa shape index (κ2) is 5.59. The molecule has 1 N–H and O–H groups in total. The Hall–Kier alpha value is -2.96. The van der Waals surface area contributed by atoms with Crippen LogP contribution in [0.3, 0.4) is 0 Å². The van der Waals surface area contributed by atoms with Gasteiger partial charge in [0, 0.05) is 61.5 Å². The third-order valence-corrected chi connectivity index (χ3v) is 4.19. The lowest BCUT2D eigenvalue weighted by molar-refractivity contribution is 0.102. The third-order valence-electron chi connectivity index (χ3n) is 4.19. The van der Waals surface area contributed by atoms with Gasteiger partial charge in [0.2, 0.25) is 0 Å². The summed E-state index contributed by atoms with van der Waals surface area (Å²) in [5.74, 6) is 0.952. The summed E-state index contributed by atoms with van der Waals surface area (Å²) < 4.78 is 3.56. The van der Waals surface area contributed by atoms with E-state index in [-0.39, 0.29) is 5.91 Å². The molecule has 0 atom stereocenters. The maximum Gasteiger partial charge on any atom is 0.258 e. The first-order valence-corrected chi connectivity index (χ1v) is 7.89. The van der Waals surface area contributed by atoms with Crippen molar-refractivity contribution in [2.75, 3.05) is 5.32 Å². The van der Waals surface area contributed by atoms with Crippen LogP contribution in [0.2, 0.25) is 0 Å². The first-order valence-electron chi connectivity index (χ1n) is 7.89. The van der Waals surface area contributed by atoms with Crippen molar-refractivity contribution in [3.63, 3.8) is 0 Å². The summed E-state index contributed by atoms with van der Waals surface area (Å²) in [6.45, 7) is 0. The number of aromatic nitrogens is 5. The van der Waals surface area contributed by atoms with Crippen molar-refractivity contribution in [3.8, 4) is 11.1 Å². The molecule has 3 aromatic rings. The molecular weight excluding hydrogens is 304 g/mol. The number of nitrogens with zero attached hydrogens (tertiary/aromatic N) is 5. The molecule has 7 heteroatoms. The Balaban J connectivity index is 1.55. The minimum absolute atomic E-state index is 0.214. The lowest BCUT2D eigenvalue weighted by atomic mass is 10.1. The summed E-state index contributed by atoms with van der Waals surface area (Å²) in [6, 6.07) is 3.76. The molecule has 0 saturated heterocycles. The number of hydrogen-bond donors (Lipinski definition) is 1. The number of aryl methyl sites for hydroxylation is 2. The second-order valence-electron chi connectivity index (χ2n) is 6.17. The van der Waals surface area contributed by atoms with Gasteiger partial charge in [-0.25, -0.2) is 0 Å². The largest absolute Gasteiger partial charge is 0.305 e. The molecule has 1 fully saturated rings. The van der Waals surface area contributed by atoms with Crippen molar-refractivity contribution in [3.05, 3.63) is 48.2 Å². The standard InChI is InChI=1S/C17H18N6O/c1-22-10-14(9-19-22)12-5-13(8-18-7-12)17(24)20-16-6-15(11-3-4-11)23(2)21-16/h5-11H,3-4H2,1-2H3,(H,20,21,24). The van der Waals surface area contributed by atoms with Crippen LogP contribution in [0.4, 0.5) is 5.82 Å². The van der Waals surface area contributed by atoms with E-state index in [0.717, 1.165) is 11.1 Å². The van der Waals surface area contributed by atoms with E-state index in [1.54, 1.807) is 23.3 Å². The summed E-state index contributed by atoms with van der Waals surface area (Å²) in [6.07, 6.45) is 9.31. The van der Waals surface area contributed by atoms with Gasteiger partial charge in [0.1, 0.15) is 0 Å². The molecule has 1 saturated carbocycles. The van der Waals surface area contributed by atoms with Gasteiger partial charge < -0.3 is 5.32 Å². The van der Waals surface area contributed by atoms with Gasteiger partial charge >= 0.3 is 0 Å². The molecule has 3 heterocycles. The fourth-order valence-corrected chi connectivity index (χ4v) is 2.78. The minimum atomic E-state index is -0.214. The average Bonchev–Trinajstić information content (AvgIpc) is 3.22. The van der Waals surface area contributed by atoms with Crippen LogP contribution in [0.5, 0.6) is 0 Å². The Bertz CT molecular complexity index is 905. The highest BCUT2D eigenvalue weighted by molar-refractivity contribution is 6.04. The van der Waals surface area contributed by atoms with Crippen molar-refractivity contribution < 1.29 is 4.79 Å². The Morgan fingerprint density at radius 2 is 2.00 bits per heavy atom. The van der Waals surface area contributed by atoms with E-state index in [2.05, 4.69) is 20.5 Å². The number of hydrogen-bond acceptors (Lipinski definition) is 4. The molecule has 0 aromatic carbocycles. The maximum atomic E-state index is 12.5. The molecule has 24 heavy (non-hydrogen) atoms. The van der Waals surface area contributed by atoms with Gasteiger partial charge in [0.15, 0.2) is 5.82 Å². The zero-order chi connectivity index (χ0) is 16.7. The molecule has 3 aromatic heterocycles. The van der Waals surface area contributed by atoms with Gasteiger partial charge in [-0.05, 0) is 18.9 Å². The van der Waals surface area contributed by atoms with Crippen LogP contribution in [0.15, 0.2) is 36.9 Å². The van der Waals surface area contributed by atoms with Crippen LogP contribution in [0.25, 0.3) is 11.1 Å². The van der Waals surface area contributed by atoms with Crippen molar-refractivity contribution >= 4 is 11.7 Å². The van der Waals surface area contributed by atoms with Crippen LogP contribution < -0.4 is 5.32 Å². The SMILES string of the molecule is Cn1cc(-c2cncc(C(=O)Nc3cc(C4CC4)n(C)n3)c2)cn1. The Kier molecular flexibility index (Phi) is 3.41. The Morgan fingerprint density at radius 1 is 1.17 bits per heavy atom. The second-order valence-corrected chi connectivity index (χ2v) is 6.17. The predicted octanol–water partition coefficient (Wildman–Crippen LogP) is 2.35. The lowest BCUT2D eigenvalue weighted by Gasteiger charge is -2.03.